The molecule has 4 nitrogen and oxygen atoms in total. The van der Waals surface area contributed by atoms with Crippen molar-refractivity contribution in [3.05, 3.63) is 80.8 Å². The lowest BCUT2D eigenvalue weighted by atomic mass is 10.1. The standard InChI is InChI=1S/C21H21ClN2O2S/c1-14-6-8-19(9-7-14)26-12-21-24-18(13-27-21)11-20(25)23-15(2)16-4-3-5-17(22)10-16/h3-10,13,15H,11-12H2,1-2H3,(H,23,25). The summed E-state index contributed by atoms with van der Waals surface area (Å²) in [6, 6.07) is 15.3. The first-order valence-corrected chi connectivity index (χ1v) is 9.93. The maximum atomic E-state index is 12.3. The third kappa shape index (κ3) is 5.81. The number of ether oxygens (including phenoxy) is 1. The van der Waals surface area contributed by atoms with Gasteiger partial charge in [-0.15, -0.1) is 11.3 Å². The summed E-state index contributed by atoms with van der Waals surface area (Å²) >= 11 is 7.50. The Morgan fingerprint density at radius 3 is 2.78 bits per heavy atom. The van der Waals surface area contributed by atoms with E-state index in [4.69, 9.17) is 16.3 Å². The molecule has 2 aromatic carbocycles. The molecule has 3 rings (SSSR count). The zero-order valence-corrected chi connectivity index (χ0v) is 16.8. The molecular formula is C21H21ClN2O2S. The van der Waals surface area contributed by atoms with Crippen molar-refractivity contribution in [2.24, 2.45) is 0 Å². The monoisotopic (exact) mass is 400 g/mol. The van der Waals surface area contributed by atoms with Gasteiger partial charge in [0.25, 0.3) is 0 Å². The minimum absolute atomic E-state index is 0.0706. The average Bonchev–Trinajstić information content (AvgIpc) is 3.08. The first-order valence-electron chi connectivity index (χ1n) is 8.67. The van der Waals surface area contributed by atoms with E-state index in [0.717, 1.165) is 22.0 Å². The molecule has 27 heavy (non-hydrogen) atoms. The highest BCUT2D eigenvalue weighted by Crippen LogP contribution is 2.19. The number of rotatable bonds is 7. The van der Waals surface area contributed by atoms with Crippen LogP contribution in [-0.2, 0) is 17.8 Å². The number of hydrogen-bond acceptors (Lipinski definition) is 4. The molecule has 3 aromatic rings. The van der Waals surface area contributed by atoms with Crippen molar-refractivity contribution in [1.29, 1.82) is 0 Å². The van der Waals surface area contributed by atoms with Crippen LogP contribution in [0.5, 0.6) is 5.75 Å². The van der Waals surface area contributed by atoms with Gasteiger partial charge in [0.1, 0.15) is 17.4 Å². The lowest BCUT2D eigenvalue weighted by Gasteiger charge is -2.14. The van der Waals surface area contributed by atoms with Gasteiger partial charge >= 0.3 is 0 Å². The molecule has 1 unspecified atom stereocenters. The molecule has 0 aliphatic carbocycles. The van der Waals surface area contributed by atoms with E-state index in [0.29, 0.717) is 11.6 Å². The second-order valence-corrected chi connectivity index (χ2v) is 7.73. The van der Waals surface area contributed by atoms with Crippen LogP contribution in [0.2, 0.25) is 5.02 Å². The molecular weight excluding hydrogens is 380 g/mol. The highest BCUT2D eigenvalue weighted by molar-refractivity contribution is 7.09. The van der Waals surface area contributed by atoms with E-state index in [-0.39, 0.29) is 18.4 Å². The highest BCUT2D eigenvalue weighted by atomic mass is 35.5. The van der Waals surface area contributed by atoms with Crippen LogP contribution in [0.1, 0.15) is 34.8 Å². The van der Waals surface area contributed by atoms with Crippen LogP contribution in [-0.4, -0.2) is 10.9 Å². The molecule has 140 valence electrons. The summed E-state index contributed by atoms with van der Waals surface area (Å²) in [6.07, 6.45) is 0.242. The van der Waals surface area contributed by atoms with Gasteiger partial charge < -0.3 is 10.1 Å². The second-order valence-electron chi connectivity index (χ2n) is 6.36. The van der Waals surface area contributed by atoms with Crippen LogP contribution in [0.4, 0.5) is 0 Å². The molecule has 1 N–H and O–H groups in total. The van der Waals surface area contributed by atoms with Gasteiger partial charge in [-0.05, 0) is 43.7 Å². The van der Waals surface area contributed by atoms with Gasteiger partial charge in [0.05, 0.1) is 18.2 Å². The van der Waals surface area contributed by atoms with Crippen molar-refractivity contribution in [3.63, 3.8) is 0 Å². The maximum absolute atomic E-state index is 12.3. The van der Waals surface area contributed by atoms with Gasteiger partial charge in [0, 0.05) is 10.4 Å². The lowest BCUT2D eigenvalue weighted by molar-refractivity contribution is -0.121. The number of hydrogen-bond donors (Lipinski definition) is 1. The Hall–Kier alpha value is -2.37. The SMILES string of the molecule is Cc1ccc(OCc2nc(CC(=O)NC(C)c3cccc(Cl)c3)cs2)cc1. The molecule has 0 saturated carbocycles. The molecule has 1 aromatic heterocycles. The van der Waals surface area contributed by atoms with E-state index in [2.05, 4.69) is 10.3 Å². The Morgan fingerprint density at radius 1 is 1.26 bits per heavy atom. The van der Waals surface area contributed by atoms with Crippen LogP contribution in [0.25, 0.3) is 0 Å². The predicted molar refractivity (Wildman–Crippen MR) is 109 cm³/mol. The van der Waals surface area contributed by atoms with Crippen molar-refractivity contribution in [2.45, 2.75) is 32.9 Å². The second kappa shape index (κ2) is 9.02. The first-order chi connectivity index (χ1) is 13.0. The van der Waals surface area contributed by atoms with Gasteiger partial charge in [-0.25, -0.2) is 4.98 Å². The van der Waals surface area contributed by atoms with Crippen molar-refractivity contribution in [1.82, 2.24) is 10.3 Å². The quantitative estimate of drug-likeness (QED) is 0.600. The van der Waals surface area contributed by atoms with Gasteiger partial charge in [0.15, 0.2) is 0 Å². The van der Waals surface area contributed by atoms with E-state index in [9.17, 15) is 4.79 Å². The molecule has 0 spiro atoms. The van der Waals surface area contributed by atoms with Crippen LogP contribution in [0.15, 0.2) is 53.9 Å². The number of aryl methyl sites for hydroxylation is 1. The van der Waals surface area contributed by atoms with Crippen molar-refractivity contribution in [2.75, 3.05) is 0 Å². The van der Waals surface area contributed by atoms with Gasteiger partial charge in [-0.2, -0.15) is 0 Å². The largest absolute Gasteiger partial charge is 0.486 e. The Bertz CT molecular complexity index is 909. The Morgan fingerprint density at radius 2 is 2.04 bits per heavy atom. The topological polar surface area (TPSA) is 51.2 Å². The third-order valence-electron chi connectivity index (χ3n) is 4.05. The molecule has 1 heterocycles. The molecule has 1 amide bonds. The van der Waals surface area contributed by atoms with Crippen LogP contribution >= 0.6 is 22.9 Å². The summed E-state index contributed by atoms with van der Waals surface area (Å²) in [6.45, 7) is 4.37. The fourth-order valence-corrected chi connectivity index (χ4v) is 3.50. The molecule has 0 aliphatic heterocycles. The number of nitrogens with one attached hydrogen (secondary N) is 1. The first kappa shape index (κ1) is 19.4. The number of thiazole rings is 1. The molecule has 0 radical (unpaired) electrons. The fourth-order valence-electron chi connectivity index (χ4n) is 2.59. The Labute approximate surface area is 168 Å². The smallest absolute Gasteiger partial charge is 0.226 e. The summed E-state index contributed by atoms with van der Waals surface area (Å²) in [5, 5.41) is 6.39. The number of aromatic nitrogens is 1. The highest BCUT2D eigenvalue weighted by Gasteiger charge is 2.12. The average molecular weight is 401 g/mol. The van der Waals surface area contributed by atoms with Gasteiger partial charge in [0.2, 0.25) is 5.91 Å². The summed E-state index contributed by atoms with van der Waals surface area (Å²) in [7, 11) is 0. The Kier molecular flexibility index (Phi) is 6.48. The number of carbonyl (C=O) groups excluding carboxylic acids is 1. The predicted octanol–water partition coefficient (Wildman–Crippen LogP) is 5.10. The number of amides is 1. The fraction of sp³-hybridized carbons (Fsp3) is 0.238. The number of carbonyl (C=O) groups is 1. The zero-order chi connectivity index (χ0) is 19.2. The van der Waals surface area contributed by atoms with Crippen molar-refractivity contribution in [3.8, 4) is 5.75 Å². The van der Waals surface area contributed by atoms with E-state index >= 15 is 0 Å². The minimum atomic E-state index is -0.112. The normalized spacial score (nSPS) is 11.8. The Balaban J connectivity index is 1.50. The van der Waals surface area contributed by atoms with E-state index < -0.39 is 0 Å². The van der Waals surface area contributed by atoms with E-state index in [1.54, 1.807) is 0 Å². The zero-order valence-electron chi connectivity index (χ0n) is 15.2. The molecule has 0 aliphatic rings. The van der Waals surface area contributed by atoms with Crippen molar-refractivity contribution < 1.29 is 9.53 Å². The lowest BCUT2D eigenvalue weighted by Crippen LogP contribution is -2.28. The van der Waals surface area contributed by atoms with E-state index in [1.807, 2.05) is 67.8 Å². The van der Waals surface area contributed by atoms with Crippen LogP contribution in [0, 0.1) is 6.92 Å². The maximum Gasteiger partial charge on any atom is 0.226 e. The minimum Gasteiger partial charge on any atom is -0.486 e. The van der Waals surface area contributed by atoms with Crippen LogP contribution in [0.3, 0.4) is 0 Å². The third-order valence-corrected chi connectivity index (χ3v) is 5.16. The summed E-state index contributed by atoms with van der Waals surface area (Å²) in [5.41, 5.74) is 2.91. The molecule has 0 bridgehead atoms. The summed E-state index contributed by atoms with van der Waals surface area (Å²) in [4.78, 5) is 16.8. The summed E-state index contributed by atoms with van der Waals surface area (Å²) in [5.74, 6) is 0.740. The van der Waals surface area contributed by atoms with Gasteiger partial charge in [-0.1, -0.05) is 41.4 Å². The van der Waals surface area contributed by atoms with Crippen molar-refractivity contribution >= 4 is 28.8 Å². The summed E-state index contributed by atoms with van der Waals surface area (Å²) < 4.78 is 5.73. The molecule has 0 fully saturated rings. The number of nitrogens with zero attached hydrogens (tertiary/aromatic N) is 1. The van der Waals surface area contributed by atoms with Crippen LogP contribution < -0.4 is 10.1 Å². The number of halogens is 1. The number of benzene rings is 2. The molecule has 6 heteroatoms. The van der Waals surface area contributed by atoms with Gasteiger partial charge in [-0.3, -0.25) is 4.79 Å². The van der Waals surface area contributed by atoms with E-state index in [1.165, 1.54) is 16.9 Å². The molecule has 0 saturated heterocycles. The molecule has 1 atom stereocenters.